The molecule has 1 aliphatic heterocycles. The van der Waals surface area contributed by atoms with E-state index in [9.17, 15) is 14.7 Å². The Hall–Kier alpha value is -2.82. The molecule has 2 aromatic rings. The summed E-state index contributed by atoms with van der Waals surface area (Å²) >= 11 is 0. The lowest BCUT2D eigenvalue weighted by atomic mass is 9.73. The minimum Gasteiger partial charge on any atom is -0.484 e. The molecule has 0 radical (unpaired) electrons. The Bertz CT molecular complexity index is 722. The van der Waals surface area contributed by atoms with Gasteiger partial charge in [-0.05, 0) is 30.5 Å². The second-order valence-electron chi connectivity index (χ2n) is 6.24. The van der Waals surface area contributed by atoms with Gasteiger partial charge in [-0.15, -0.1) is 0 Å². The summed E-state index contributed by atoms with van der Waals surface area (Å²) in [5, 5.41) is 9.79. The predicted octanol–water partition coefficient (Wildman–Crippen LogP) is 2.71. The van der Waals surface area contributed by atoms with Gasteiger partial charge in [-0.1, -0.05) is 48.5 Å². The van der Waals surface area contributed by atoms with Crippen molar-refractivity contribution in [2.75, 3.05) is 19.7 Å². The zero-order chi connectivity index (χ0) is 17.7. The summed E-state index contributed by atoms with van der Waals surface area (Å²) in [6.45, 7) is 0.797. The van der Waals surface area contributed by atoms with Crippen molar-refractivity contribution < 1.29 is 19.4 Å². The van der Waals surface area contributed by atoms with Crippen LogP contribution in [0.15, 0.2) is 60.7 Å². The maximum Gasteiger partial charge on any atom is 0.314 e. The summed E-state index contributed by atoms with van der Waals surface area (Å²) in [7, 11) is 0. The number of carbonyl (C=O) groups excluding carboxylic acids is 1. The van der Waals surface area contributed by atoms with E-state index >= 15 is 0 Å². The van der Waals surface area contributed by atoms with Crippen LogP contribution in [0.2, 0.25) is 0 Å². The van der Waals surface area contributed by atoms with Gasteiger partial charge in [0.25, 0.3) is 5.91 Å². The van der Waals surface area contributed by atoms with Gasteiger partial charge in [-0.25, -0.2) is 0 Å². The molecule has 0 aromatic heterocycles. The average molecular weight is 339 g/mol. The Balaban J connectivity index is 1.62. The summed E-state index contributed by atoms with van der Waals surface area (Å²) in [6, 6.07) is 18.5. The first-order chi connectivity index (χ1) is 12.1. The smallest absolute Gasteiger partial charge is 0.314 e. The van der Waals surface area contributed by atoms with Crippen LogP contribution in [0.5, 0.6) is 5.75 Å². The molecule has 0 unspecified atom stereocenters. The third kappa shape index (κ3) is 3.65. The van der Waals surface area contributed by atoms with Gasteiger partial charge in [0, 0.05) is 13.1 Å². The van der Waals surface area contributed by atoms with Crippen molar-refractivity contribution >= 4 is 11.9 Å². The number of carbonyl (C=O) groups is 2. The lowest BCUT2D eigenvalue weighted by Gasteiger charge is -2.39. The molecule has 130 valence electrons. The van der Waals surface area contributed by atoms with Crippen molar-refractivity contribution in [2.24, 2.45) is 0 Å². The Morgan fingerprint density at radius 3 is 2.08 bits per heavy atom. The van der Waals surface area contributed by atoms with Crippen LogP contribution in [-0.2, 0) is 15.0 Å². The van der Waals surface area contributed by atoms with Crippen molar-refractivity contribution in [1.82, 2.24) is 4.90 Å². The van der Waals surface area contributed by atoms with E-state index in [2.05, 4.69) is 0 Å². The second-order valence-corrected chi connectivity index (χ2v) is 6.24. The highest BCUT2D eigenvalue weighted by atomic mass is 16.5. The number of benzene rings is 2. The van der Waals surface area contributed by atoms with E-state index in [1.807, 2.05) is 48.5 Å². The first kappa shape index (κ1) is 17.0. The highest BCUT2D eigenvalue weighted by Crippen LogP contribution is 2.35. The van der Waals surface area contributed by atoms with Gasteiger partial charge >= 0.3 is 5.97 Å². The molecule has 0 spiro atoms. The van der Waals surface area contributed by atoms with Crippen molar-refractivity contribution in [3.05, 3.63) is 66.2 Å². The number of ether oxygens (including phenoxy) is 1. The van der Waals surface area contributed by atoms with Crippen LogP contribution < -0.4 is 4.74 Å². The summed E-state index contributed by atoms with van der Waals surface area (Å²) in [4.78, 5) is 26.0. The molecule has 0 aliphatic carbocycles. The maximum atomic E-state index is 12.3. The van der Waals surface area contributed by atoms with Gasteiger partial charge in [-0.2, -0.15) is 0 Å². The fourth-order valence-electron chi connectivity index (χ4n) is 3.27. The van der Waals surface area contributed by atoms with Gasteiger partial charge in [0.1, 0.15) is 5.75 Å². The van der Waals surface area contributed by atoms with Crippen molar-refractivity contribution in [1.29, 1.82) is 0 Å². The van der Waals surface area contributed by atoms with Gasteiger partial charge in [0.15, 0.2) is 6.61 Å². The van der Waals surface area contributed by atoms with Gasteiger partial charge < -0.3 is 14.7 Å². The van der Waals surface area contributed by atoms with Crippen molar-refractivity contribution in [3.8, 4) is 5.75 Å². The monoisotopic (exact) mass is 339 g/mol. The fourth-order valence-corrected chi connectivity index (χ4v) is 3.27. The topological polar surface area (TPSA) is 66.8 Å². The molecular formula is C20H21NO4. The van der Waals surface area contributed by atoms with Crippen LogP contribution in [0.3, 0.4) is 0 Å². The lowest BCUT2D eigenvalue weighted by Crippen LogP contribution is -2.50. The fraction of sp³-hybridized carbons (Fsp3) is 0.300. The molecule has 1 fully saturated rings. The van der Waals surface area contributed by atoms with E-state index in [4.69, 9.17) is 4.74 Å². The Kier molecular flexibility index (Phi) is 5.03. The van der Waals surface area contributed by atoms with Crippen molar-refractivity contribution in [2.45, 2.75) is 18.3 Å². The number of nitrogens with zero attached hydrogens (tertiary/aromatic N) is 1. The summed E-state index contributed by atoms with van der Waals surface area (Å²) in [5.41, 5.74) is -0.117. The van der Waals surface area contributed by atoms with Crippen LogP contribution in [-0.4, -0.2) is 41.6 Å². The normalized spacial score (nSPS) is 16.2. The molecule has 2 aromatic carbocycles. The molecular weight excluding hydrogens is 318 g/mol. The van der Waals surface area contributed by atoms with Gasteiger partial charge in [-0.3, -0.25) is 9.59 Å². The number of hydrogen-bond donors (Lipinski definition) is 1. The van der Waals surface area contributed by atoms with Crippen LogP contribution in [0.4, 0.5) is 0 Å². The Morgan fingerprint density at radius 2 is 1.52 bits per heavy atom. The SMILES string of the molecule is O=C(COc1ccccc1)N1CCC(C(=O)O)(c2ccccc2)CC1. The average Bonchev–Trinajstić information content (AvgIpc) is 2.67. The Labute approximate surface area is 146 Å². The number of likely N-dealkylation sites (tertiary alicyclic amines) is 1. The molecule has 1 aliphatic rings. The quantitative estimate of drug-likeness (QED) is 0.909. The molecule has 1 saturated heterocycles. The zero-order valence-corrected chi connectivity index (χ0v) is 13.9. The zero-order valence-electron chi connectivity index (χ0n) is 13.9. The first-order valence-electron chi connectivity index (χ1n) is 8.36. The van der Waals surface area contributed by atoms with Crippen LogP contribution in [0, 0.1) is 0 Å². The number of carboxylic acids is 1. The third-order valence-electron chi connectivity index (χ3n) is 4.81. The predicted molar refractivity (Wildman–Crippen MR) is 93.5 cm³/mol. The molecule has 0 bridgehead atoms. The summed E-state index contributed by atoms with van der Waals surface area (Å²) < 4.78 is 5.50. The minimum atomic E-state index is -0.918. The first-order valence-corrected chi connectivity index (χ1v) is 8.36. The number of carboxylic acid groups (broad SMARTS) is 1. The minimum absolute atomic E-state index is 0.0323. The van der Waals surface area contributed by atoms with Crippen LogP contribution in [0.1, 0.15) is 18.4 Å². The van der Waals surface area contributed by atoms with E-state index < -0.39 is 11.4 Å². The van der Waals surface area contributed by atoms with E-state index in [0.29, 0.717) is 31.7 Å². The number of rotatable bonds is 5. The molecule has 5 heteroatoms. The molecule has 0 saturated carbocycles. The number of piperidine rings is 1. The van der Waals surface area contributed by atoms with Gasteiger partial charge in [0.2, 0.25) is 0 Å². The largest absolute Gasteiger partial charge is 0.484 e. The number of hydrogen-bond acceptors (Lipinski definition) is 3. The molecule has 1 N–H and O–H groups in total. The highest BCUT2D eigenvalue weighted by molar-refractivity contribution is 5.83. The molecule has 1 amide bonds. The number of amides is 1. The van der Waals surface area contributed by atoms with Crippen LogP contribution >= 0.6 is 0 Å². The molecule has 25 heavy (non-hydrogen) atoms. The van der Waals surface area contributed by atoms with Crippen molar-refractivity contribution in [3.63, 3.8) is 0 Å². The third-order valence-corrected chi connectivity index (χ3v) is 4.81. The highest BCUT2D eigenvalue weighted by Gasteiger charge is 2.43. The number of aliphatic carboxylic acids is 1. The van der Waals surface area contributed by atoms with Gasteiger partial charge in [0.05, 0.1) is 5.41 Å². The van der Waals surface area contributed by atoms with E-state index in [1.165, 1.54) is 0 Å². The van der Waals surface area contributed by atoms with E-state index in [-0.39, 0.29) is 12.5 Å². The summed E-state index contributed by atoms with van der Waals surface area (Å²) in [6.07, 6.45) is 0.812. The standard InChI is InChI=1S/C20H21NO4/c22-18(15-25-17-9-5-2-6-10-17)21-13-11-20(12-14-21,19(23)24)16-7-3-1-4-8-16/h1-10H,11-15H2,(H,23,24). The molecule has 3 rings (SSSR count). The lowest BCUT2D eigenvalue weighted by molar-refractivity contribution is -0.148. The van der Waals surface area contributed by atoms with Crippen LogP contribution in [0.25, 0.3) is 0 Å². The Morgan fingerprint density at radius 1 is 0.960 bits per heavy atom. The molecule has 5 nitrogen and oxygen atoms in total. The second kappa shape index (κ2) is 7.38. The molecule has 0 atom stereocenters. The van der Waals surface area contributed by atoms with E-state index in [1.54, 1.807) is 17.0 Å². The summed E-state index contributed by atoms with van der Waals surface area (Å²) in [5.74, 6) is -0.292. The number of para-hydroxylation sites is 1. The maximum absolute atomic E-state index is 12.3. The molecule has 1 heterocycles. The van der Waals surface area contributed by atoms with E-state index in [0.717, 1.165) is 5.56 Å².